The van der Waals surface area contributed by atoms with E-state index < -0.39 is 68.8 Å². The maximum atomic E-state index is 13.4. The van der Waals surface area contributed by atoms with Crippen LogP contribution in [0.15, 0.2) is 83.6 Å². The van der Waals surface area contributed by atoms with Gasteiger partial charge in [0.2, 0.25) is 0 Å². The molecule has 3 aromatic rings. The van der Waals surface area contributed by atoms with Crippen molar-refractivity contribution in [1.82, 2.24) is 9.78 Å². The Morgan fingerprint density at radius 2 is 1.46 bits per heavy atom. The van der Waals surface area contributed by atoms with Gasteiger partial charge in [0, 0.05) is 5.69 Å². The fraction of sp³-hybridized carbons (Fsp3) is 0.125. The largest absolute Gasteiger partial charge is 1.00 e. The van der Waals surface area contributed by atoms with Gasteiger partial charge in [0.05, 0.1) is 61.2 Å². The summed E-state index contributed by atoms with van der Waals surface area (Å²) < 4.78 is 110. The number of amides is 1. The number of anilines is 1. The molecule has 1 N–H and O–H groups in total. The minimum atomic E-state index is -5.33. The fourth-order valence-electron chi connectivity index (χ4n) is 4.15. The van der Waals surface area contributed by atoms with Crippen molar-refractivity contribution in [2.45, 2.75) is 26.5 Å². The summed E-state index contributed by atoms with van der Waals surface area (Å²) in [5.41, 5.74) is -2.31. The van der Waals surface area contributed by atoms with Crippen molar-refractivity contribution < 1.29 is 186 Å². The number of hydrogen-bond acceptors (Lipinski definition) is 18. The second kappa shape index (κ2) is 21.5. The molecule has 1 aromatic heterocycles. The zero-order valence-electron chi connectivity index (χ0n) is 27.9. The molecule has 20 nitrogen and oxygen atoms in total. The molecule has 0 saturated heterocycles. The molecule has 0 saturated carbocycles. The van der Waals surface area contributed by atoms with Gasteiger partial charge in [-0.1, -0.05) is 6.08 Å². The molecule has 2 heterocycles. The predicted octanol–water partition coefficient (Wildman–Crippen LogP) is -12.6. The van der Waals surface area contributed by atoms with Crippen LogP contribution in [0.1, 0.15) is 11.3 Å². The van der Waals surface area contributed by atoms with E-state index in [1.54, 1.807) is 0 Å². The monoisotopic (exact) mass is 838 g/mol. The average molecular weight is 839 g/mol. The number of hydrogen-bond donors (Lipinski definition) is 1. The Hall–Kier alpha value is -0.0500. The normalized spacial score (nSPS) is 14.0. The molecule has 0 spiro atoms. The van der Waals surface area contributed by atoms with Crippen LogP contribution in [0.3, 0.4) is 0 Å². The number of aryl methyl sites for hydroxylation is 1. The van der Waals surface area contributed by atoms with Crippen molar-refractivity contribution in [2.75, 3.05) is 18.7 Å². The van der Waals surface area contributed by atoms with Gasteiger partial charge in [-0.25, -0.2) is 39.7 Å². The summed E-state index contributed by atoms with van der Waals surface area (Å²) in [5.74, 6) is -1.11. The second-order valence-electron chi connectivity index (χ2n) is 9.16. The number of rotatable bonds is 13. The first-order chi connectivity index (χ1) is 22.4. The van der Waals surface area contributed by atoms with Gasteiger partial charge in [-0.3, -0.25) is 19.7 Å². The van der Waals surface area contributed by atoms with Crippen molar-refractivity contribution in [2.24, 2.45) is 5.10 Å². The van der Waals surface area contributed by atoms with Crippen LogP contribution >= 0.6 is 12.0 Å². The zero-order valence-corrected chi connectivity index (χ0v) is 39.2. The molecule has 1 aliphatic rings. The molecule has 258 valence electrons. The molecule has 2 aromatic carbocycles. The molecule has 0 unspecified atom stereocenters. The molecule has 1 aliphatic heterocycles. The summed E-state index contributed by atoms with van der Waals surface area (Å²) in [6, 6.07) is 4.43. The Labute approximate surface area is 388 Å². The van der Waals surface area contributed by atoms with Crippen LogP contribution in [0.4, 0.5) is 5.69 Å². The number of aromatic nitrogens is 2. The molecule has 0 radical (unpaired) electrons. The van der Waals surface area contributed by atoms with E-state index in [9.17, 15) is 53.8 Å². The van der Waals surface area contributed by atoms with Gasteiger partial charge in [0.15, 0.2) is 0 Å². The van der Waals surface area contributed by atoms with Crippen molar-refractivity contribution in [3.05, 3.63) is 75.7 Å². The topological polar surface area (TPSA) is 302 Å². The summed E-state index contributed by atoms with van der Waals surface area (Å²) in [6.45, 7) is 0.897. The number of nitrogens with one attached hydrogen (secondary N) is 1. The SMILES string of the molecule is COOCC1=NN(c2cc(S(=O)(=O)[O-])ccc2S(=O)(=O)[O-])C(=O)/C1=C\C=C\c1c(C)[nH]n(-c2cc(S(=O)(=O)[O-])ccc2SOO[O-])c1=O.[Na+].[Na+].[Na+].[Na+]. The molecule has 0 fully saturated rings. The third-order valence-corrected chi connectivity index (χ3v) is 9.43. The molecule has 28 heteroatoms. The minimum Gasteiger partial charge on any atom is -0.744 e. The predicted molar refractivity (Wildman–Crippen MR) is 154 cm³/mol. The number of aromatic amines is 1. The Kier molecular flexibility index (Phi) is 21.4. The fourth-order valence-corrected chi connectivity index (χ4v) is 6.23. The summed E-state index contributed by atoms with van der Waals surface area (Å²) >= 11 is 0.305. The van der Waals surface area contributed by atoms with Crippen LogP contribution in [0, 0.1) is 6.92 Å². The minimum absolute atomic E-state index is 0. The quantitative estimate of drug-likeness (QED) is 0.0417. The molecular formula is C24H18N4Na4O16S4. The smallest absolute Gasteiger partial charge is 0.744 e. The molecule has 0 aliphatic carbocycles. The van der Waals surface area contributed by atoms with Crippen LogP contribution in [-0.2, 0) is 54.3 Å². The van der Waals surface area contributed by atoms with Gasteiger partial charge in [-0.05, 0) is 55.5 Å². The number of carbonyl (C=O) groups excluding carboxylic acids is 1. The van der Waals surface area contributed by atoms with Crippen molar-refractivity contribution in [3.8, 4) is 5.69 Å². The number of allylic oxidation sites excluding steroid dienone is 2. The number of nitrogens with zero attached hydrogens (tertiary/aromatic N) is 3. The van der Waals surface area contributed by atoms with Crippen LogP contribution < -0.4 is 134 Å². The van der Waals surface area contributed by atoms with Crippen molar-refractivity contribution in [3.63, 3.8) is 0 Å². The van der Waals surface area contributed by atoms with E-state index in [-0.39, 0.29) is 151 Å². The van der Waals surface area contributed by atoms with Gasteiger partial charge in [-0.15, -0.1) is 0 Å². The molecule has 1 amide bonds. The summed E-state index contributed by atoms with van der Waals surface area (Å²) in [6.07, 6.45) is 3.47. The first-order valence-electron chi connectivity index (χ1n) is 12.5. The Bertz CT molecular complexity index is 2280. The van der Waals surface area contributed by atoms with E-state index in [0.717, 1.165) is 36.1 Å². The first kappa shape index (κ1) is 52.0. The van der Waals surface area contributed by atoms with E-state index >= 15 is 0 Å². The van der Waals surface area contributed by atoms with Crippen LogP contribution in [0.5, 0.6) is 0 Å². The number of carbonyl (C=O) groups is 1. The Balaban J connectivity index is 0.00000650. The van der Waals surface area contributed by atoms with Crippen LogP contribution in [-0.4, -0.2) is 74.0 Å². The third-order valence-electron chi connectivity index (χ3n) is 6.24. The van der Waals surface area contributed by atoms with Gasteiger partial charge in [0.1, 0.15) is 42.7 Å². The average Bonchev–Trinajstić information content (AvgIpc) is 3.47. The molecule has 0 atom stereocenters. The van der Waals surface area contributed by atoms with E-state index in [4.69, 9.17) is 4.89 Å². The van der Waals surface area contributed by atoms with E-state index in [2.05, 4.69) is 24.5 Å². The molecule has 4 rings (SSSR count). The zero-order chi connectivity index (χ0) is 35.6. The van der Waals surface area contributed by atoms with Crippen molar-refractivity contribution >= 4 is 65.8 Å². The van der Waals surface area contributed by atoms with Gasteiger partial charge in [0.25, 0.3) is 11.5 Å². The number of benzene rings is 2. The van der Waals surface area contributed by atoms with Gasteiger partial charge < -0.3 is 18.9 Å². The number of H-pyrrole nitrogens is 1. The summed E-state index contributed by atoms with van der Waals surface area (Å²) in [4.78, 5) is 33.3. The summed E-state index contributed by atoms with van der Waals surface area (Å²) in [7, 11) is -14.4. The second-order valence-corrected chi connectivity index (χ2v) is 14.0. The van der Waals surface area contributed by atoms with E-state index in [1.165, 1.54) is 19.1 Å². The maximum Gasteiger partial charge on any atom is 1.00 e. The van der Waals surface area contributed by atoms with E-state index in [1.807, 2.05) is 0 Å². The van der Waals surface area contributed by atoms with Crippen LogP contribution in [0.2, 0.25) is 0 Å². The van der Waals surface area contributed by atoms with Crippen molar-refractivity contribution in [1.29, 1.82) is 0 Å². The number of hydrazone groups is 1. The first-order valence-corrected chi connectivity index (χ1v) is 17.4. The summed E-state index contributed by atoms with van der Waals surface area (Å²) in [5, 5.41) is 20.6. The molecular weight excluding hydrogens is 821 g/mol. The Morgan fingerprint density at radius 1 is 0.885 bits per heavy atom. The third kappa shape index (κ3) is 12.5. The van der Waals surface area contributed by atoms with Crippen LogP contribution in [0.25, 0.3) is 11.8 Å². The van der Waals surface area contributed by atoms with Gasteiger partial charge in [-0.2, -0.15) is 14.4 Å². The van der Waals surface area contributed by atoms with Gasteiger partial charge >= 0.3 is 118 Å². The maximum absolute atomic E-state index is 13.4. The standard InChI is InChI=1S/C24H22N4O16S4.4Na/c1-13-16(23(29)27(25-13)19-10-14(46(32,33)34)6-8-21(19)45-44-43-31)4-3-5-17-18(12-42-41-2)26-28(24(17)30)20-11-15(47(35,36)37)7-9-22(20)48(38,39)40;;;;/h3-11,25,31H,12H2,1-2H3,(H,32,33,34)(H,35,36,37)(H,38,39,40);;;;/q;4*+1/p-4/b4-3+,17-5-;;;;. The van der Waals surface area contributed by atoms with E-state index in [0.29, 0.717) is 35.3 Å². The Morgan fingerprint density at radius 3 is 2.00 bits per heavy atom. The molecule has 0 bridgehead atoms. The molecule has 52 heavy (non-hydrogen) atoms.